The van der Waals surface area contributed by atoms with Crippen molar-refractivity contribution in [3.63, 3.8) is 0 Å². The lowest BCUT2D eigenvalue weighted by Gasteiger charge is -2.05. The van der Waals surface area contributed by atoms with Crippen molar-refractivity contribution in [1.82, 2.24) is 5.43 Å². The average molecular weight is 467 g/mol. The van der Waals surface area contributed by atoms with Gasteiger partial charge in [0.15, 0.2) is 6.61 Å². The predicted octanol–water partition coefficient (Wildman–Crippen LogP) is 4.51. The molecule has 7 heteroatoms. The summed E-state index contributed by atoms with van der Waals surface area (Å²) in [4.78, 5) is 23.9. The molecule has 0 spiro atoms. The SMILES string of the molecule is Cc1ccc(C(=O)Oc2ccc(/C=N\NC(=O)COc3ccc(Br)cc3)cc2)cc1. The summed E-state index contributed by atoms with van der Waals surface area (Å²) in [5.74, 6) is 0.213. The summed E-state index contributed by atoms with van der Waals surface area (Å²) in [6.07, 6.45) is 1.49. The second kappa shape index (κ2) is 10.4. The zero-order valence-electron chi connectivity index (χ0n) is 16.2. The highest BCUT2D eigenvalue weighted by atomic mass is 79.9. The van der Waals surface area contributed by atoms with E-state index in [1.165, 1.54) is 6.21 Å². The van der Waals surface area contributed by atoms with Crippen molar-refractivity contribution >= 4 is 34.0 Å². The van der Waals surface area contributed by atoms with E-state index in [-0.39, 0.29) is 12.5 Å². The summed E-state index contributed by atoms with van der Waals surface area (Å²) in [5, 5.41) is 3.89. The molecule has 0 saturated heterocycles. The molecule has 1 N–H and O–H groups in total. The normalized spacial score (nSPS) is 10.6. The van der Waals surface area contributed by atoms with Crippen LogP contribution in [0, 0.1) is 6.92 Å². The highest BCUT2D eigenvalue weighted by Gasteiger charge is 2.08. The number of carbonyl (C=O) groups excluding carboxylic acids is 2. The number of hydrogen-bond donors (Lipinski definition) is 1. The topological polar surface area (TPSA) is 77.0 Å². The van der Waals surface area contributed by atoms with Crippen molar-refractivity contribution in [2.45, 2.75) is 6.92 Å². The summed E-state index contributed by atoms with van der Waals surface area (Å²) >= 11 is 3.33. The standard InChI is InChI=1S/C23H19BrN2O4/c1-16-2-6-18(7-3-16)23(28)30-21-10-4-17(5-11-21)14-25-26-22(27)15-29-20-12-8-19(24)9-13-20/h2-14H,15H2,1H3,(H,26,27)/b25-14-. The molecular formula is C23H19BrN2O4. The molecule has 0 aliphatic rings. The van der Waals surface area contributed by atoms with Crippen LogP contribution in [0.15, 0.2) is 82.4 Å². The van der Waals surface area contributed by atoms with Gasteiger partial charge in [0, 0.05) is 4.47 Å². The van der Waals surface area contributed by atoms with E-state index in [0.717, 1.165) is 15.6 Å². The van der Waals surface area contributed by atoms with Crippen LogP contribution in [0.25, 0.3) is 0 Å². The Morgan fingerprint density at radius 3 is 2.23 bits per heavy atom. The lowest BCUT2D eigenvalue weighted by Crippen LogP contribution is -2.24. The van der Waals surface area contributed by atoms with Gasteiger partial charge in [0.05, 0.1) is 11.8 Å². The Morgan fingerprint density at radius 2 is 1.57 bits per heavy atom. The first-order chi connectivity index (χ1) is 14.5. The number of nitrogens with one attached hydrogen (secondary N) is 1. The molecule has 1 amide bonds. The van der Waals surface area contributed by atoms with Crippen molar-refractivity contribution in [1.29, 1.82) is 0 Å². The number of hydrazone groups is 1. The molecule has 30 heavy (non-hydrogen) atoms. The zero-order chi connectivity index (χ0) is 21.3. The third-order valence-electron chi connectivity index (χ3n) is 3.96. The van der Waals surface area contributed by atoms with E-state index in [2.05, 4.69) is 26.5 Å². The second-order valence-electron chi connectivity index (χ2n) is 6.36. The Hall–Kier alpha value is -3.45. The van der Waals surface area contributed by atoms with Crippen LogP contribution in [0.4, 0.5) is 0 Å². The highest BCUT2D eigenvalue weighted by molar-refractivity contribution is 9.10. The van der Waals surface area contributed by atoms with Gasteiger partial charge in [-0.1, -0.05) is 33.6 Å². The van der Waals surface area contributed by atoms with Gasteiger partial charge in [-0.05, 0) is 73.2 Å². The average Bonchev–Trinajstić information content (AvgIpc) is 2.75. The molecule has 0 aromatic heterocycles. The first-order valence-corrected chi connectivity index (χ1v) is 9.88. The van der Waals surface area contributed by atoms with Crippen LogP contribution in [0.5, 0.6) is 11.5 Å². The van der Waals surface area contributed by atoms with Gasteiger partial charge >= 0.3 is 5.97 Å². The van der Waals surface area contributed by atoms with Crippen molar-refractivity contribution < 1.29 is 19.1 Å². The fraction of sp³-hybridized carbons (Fsp3) is 0.0870. The van der Waals surface area contributed by atoms with Gasteiger partial charge in [-0.2, -0.15) is 5.10 Å². The summed E-state index contributed by atoms with van der Waals surface area (Å²) in [7, 11) is 0. The van der Waals surface area contributed by atoms with Crippen LogP contribution < -0.4 is 14.9 Å². The molecule has 0 fully saturated rings. The van der Waals surface area contributed by atoms with E-state index in [0.29, 0.717) is 17.1 Å². The number of ether oxygens (including phenoxy) is 2. The van der Waals surface area contributed by atoms with Crippen LogP contribution in [0.1, 0.15) is 21.5 Å². The third-order valence-corrected chi connectivity index (χ3v) is 4.49. The highest BCUT2D eigenvalue weighted by Crippen LogP contribution is 2.16. The van der Waals surface area contributed by atoms with Gasteiger partial charge in [0.1, 0.15) is 11.5 Å². The quantitative estimate of drug-likeness (QED) is 0.240. The molecule has 3 rings (SSSR count). The lowest BCUT2D eigenvalue weighted by atomic mass is 10.1. The van der Waals surface area contributed by atoms with E-state index in [1.54, 1.807) is 48.5 Å². The number of rotatable bonds is 7. The number of benzene rings is 3. The smallest absolute Gasteiger partial charge is 0.343 e. The number of hydrogen-bond acceptors (Lipinski definition) is 5. The molecule has 0 atom stereocenters. The van der Waals surface area contributed by atoms with E-state index in [9.17, 15) is 9.59 Å². The van der Waals surface area contributed by atoms with Gasteiger partial charge in [0.25, 0.3) is 5.91 Å². The summed E-state index contributed by atoms with van der Waals surface area (Å²) in [6.45, 7) is 1.81. The van der Waals surface area contributed by atoms with Crippen LogP contribution in [-0.4, -0.2) is 24.7 Å². The van der Waals surface area contributed by atoms with Crippen molar-refractivity contribution in [2.24, 2.45) is 5.10 Å². The summed E-state index contributed by atoms with van der Waals surface area (Å²) < 4.78 is 11.6. The fourth-order valence-corrected chi connectivity index (χ4v) is 2.63. The van der Waals surface area contributed by atoms with E-state index < -0.39 is 5.97 Å². The van der Waals surface area contributed by atoms with E-state index in [4.69, 9.17) is 9.47 Å². The lowest BCUT2D eigenvalue weighted by molar-refractivity contribution is -0.123. The third kappa shape index (κ3) is 6.56. The van der Waals surface area contributed by atoms with Gasteiger partial charge in [-0.25, -0.2) is 10.2 Å². The minimum atomic E-state index is -0.422. The maximum atomic E-state index is 12.1. The Morgan fingerprint density at radius 1 is 0.933 bits per heavy atom. The predicted molar refractivity (Wildman–Crippen MR) is 118 cm³/mol. The van der Waals surface area contributed by atoms with Gasteiger partial charge in [-0.3, -0.25) is 4.79 Å². The Balaban J connectivity index is 1.45. The van der Waals surface area contributed by atoms with Crippen LogP contribution in [-0.2, 0) is 4.79 Å². The maximum absolute atomic E-state index is 12.1. The minimum absolute atomic E-state index is 0.146. The number of aryl methyl sites for hydroxylation is 1. The molecule has 6 nitrogen and oxygen atoms in total. The van der Waals surface area contributed by atoms with Crippen molar-refractivity contribution in [3.05, 3.63) is 94.0 Å². The number of amides is 1. The Bertz CT molecular complexity index is 1030. The molecule has 0 bridgehead atoms. The summed E-state index contributed by atoms with van der Waals surface area (Å²) in [5.41, 5.74) is 4.69. The minimum Gasteiger partial charge on any atom is -0.484 e. The van der Waals surface area contributed by atoms with Gasteiger partial charge in [0.2, 0.25) is 0 Å². The molecule has 3 aromatic rings. The molecular weight excluding hydrogens is 448 g/mol. The number of halogens is 1. The van der Waals surface area contributed by atoms with E-state index >= 15 is 0 Å². The number of nitrogens with zero attached hydrogens (tertiary/aromatic N) is 1. The second-order valence-corrected chi connectivity index (χ2v) is 7.28. The summed E-state index contributed by atoms with van der Waals surface area (Å²) in [6, 6.07) is 21.1. The molecule has 0 heterocycles. The van der Waals surface area contributed by atoms with Crippen LogP contribution in [0.3, 0.4) is 0 Å². The fourth-order valence-electron chi connectivity index (χ4n) is 2.37. The molecule has 152 valence electrons. The molecule has 3 aromatic carbocycles. The van der Waals surface area contributed by atoms with Crippen LogP contribution in [0.2, 0.25) is 0 Å². The van der Waals surface area contributed by atoms with Crippen molar-refractivity contribution in [2.75, 3.05) is 6.61 Å². The maximum Gasteiger partial charge on any atom is 0.343 e. The Labute approximate surface area is 182 Å². The molecule has 0 aliphatic carbocycles. The molecule has 0 saturated carbocycles. The molecule has 0 unspecified atom stereocenters. The number of carbonyl (C=O) groups is 2. The molecule has 0 radical (unpaired) electrons. The van der Waals surface area contributed by atoms with Crippen molar-refractivity contribution in [3.8, 4) is 11.5 Å². The monoisotopic (exact) mass is 466 g/mol. The largest absolute Gasteiger partial charge is 0.484 e. The Kier molecular flexibility index (Phi) is 7.34. The van der Waals surface area contributed by atoms with Gasteiger partial charge < -0.3 is 9.47 Å². The molecule has 0 aliphatic heterocycles. The number of esters is 1. The zero-order valence-corrected chi connectivity index (χ0v) is 17.8. The first kappa shape index (κ1) is 21.3. The van der Waals surface area contributed by atoms with Crippen LogP contribution >= 0.6 is 15.9 Å². The van der Waals surface area contributed by atoms with E-state index in [1.807, 2.05) is 31.2 Å². The first-order valence-electron chi connectivity index (χ1n) is 9.09. The van der Waals surface area contributed by atoms with Gasteiger partial charge in [-0.15, -0.1) is 0 Å².